The van der Waals surface area contributed by atoms with Gasteiger partial charge in [0.05, 0.1) is 0 Å². The van der Waals surface area contributed by atoms with Crippen LogP contribution in [0.25, 0.3) is 0 Å². The van der Waals surface area contributed by atoms with Gasteiger partial charge in [-0.15, -0.1) is 0 Å². The minimum absolute atomic E-state index is 0.590. The molecule has 2 rings (SSSR count). The van der Waals surface area contributed by atoms with E-state index >= 15 is 0 Å². The van der Waals surface area contributed by atoms with E-state index in [2.05, 4.69) is 36.5 Å². The Morgan fingerprint density at radius 2 is 2.00 bits per heavy atom. The Balaban J connectivity index is 2.01. The molecule has 0 atom stereocenters. The molecule has 16 heavy (non-hydrogen) atoms. The highest BCUT2D eigenvalue weighted by Gasteiger charge is 2.14. The van der Waals surface area contributed by atoms with Crippen molar-refractivity contribution in [1.29, 1.82) is 0 Å². The first-order chi connectivity index (χ1) is 7.90. The molecule has 1 aromatic rings. The van der Waals surface area contributed by atoms with Crippen LogP contribution in [-0.2, 0) is 11.2 Å². The molecule has 0 amide bonds. The molecule has 2 heteroatoms. The van der Waals surface area contributed by atoms with E-state index in [0.717, 1.165) is 32.5 Å². The lowest BCUT2D eigenvalue weighted by Gasteiger charge is -2.25. The van der Waals surface area contributed by atoms with Crippen LogP contribution in [0.3, 0.4) is 0 Å². The average molecular weight is 219 g/mol. The Kier molecular flexibility index (Phi) is 4.23. The summed E-state index contributed by atoms with van der Waals surface area (Å²) in [5.41, 5.74) is 2.76. The fourth-order valence-corrected chi connectivity index (χ4v) is 2.21. The van der Waals surface area contributed by atoms with Crippen molar-refractivity contribution < 1.29 is 4.74 Å². The minimum atomic E-state index is 0.590. The Morgan fingerprint density at radius 1 is 1.25 bits per heavy atom. The lowest BCUT2D eigenvalue weighted by Crippen LogP contribution is -2.28. The monoisotopic (exact) mass is 219 g/mol. The van der Waals surface area contributed by atoms with Crippen molar-refractivity contribution in [2.24, 2.45) is 0 Å². The van der Waals surface area contributed by atoms with Crippen molar-refractivity contribution in [2.45, 2.75) is 38.6 Å². The molecule has 0 spiro atoms. The van der Waals surface area contributed by atoms with Gasteiger partial charge in [-0.25, -0.2) is 0 Å². The van der Waals surface area contributed by atoms with Crippen molar-refractivity contribution in [2.75, 3.05) is 18.5 Å². The summed E-state index contributed by atoms with van der Waals surface area (Å²) in [4.78, 5) is 0. The molecule has 1 aliphatic rings. The Morgan fingerprint density at radius 3 is 2.75 bits per heavy atom. The zero-order valence-corrected chi connectivity index (χ0v) is 10.0. The van der Waals surface area contributed by atoms with Crippen LogP contribution in [0.5, 0.6) is 0 Å². The minimum Gasteiger partial charge on any atom is -0.382 e. The van der Waals surface area contributed by atoms with E-state index in [1.165, 1.54) is 17.7 Å². The Labute approximate surface area is 98.0 Å². The highest BCUT2D eigenvalue weighted by Crippen LogP contribution is 2.20. The molecule has 1 aliphatic heterocycles. The molecule has 0 radical (unpaired) electrons. The summed E-state index contributed by atoms with van der Waals surface area (Å²) < 4.78 is 5.38. The largest absolute Gasteiger partial charge is 0.382 e. The van der Waals surface area contributed by atoms with Crippen LogP contribution < -0.4 is 5.32 Å². The summed E-state index contributed by atoms with van der Waals surface area (Å²) in [6, 6.07) is 9.25. The number of benzene rings is 1. The van der Waals surface area contributed by atoms with Crippen molar-refractivity contribution in [3.63, 3.8) is 0 Å². The van der Waals surface area contributed by atoms with Crippen molar-refractivity contribution in [3.05, 3.63) is 29.8 Å². The molecule has 1 aromatic carbocycles. The van der Waals surface area contributed by atoms with E-state index in [-0.39, 0.29) is 0 Å². The zero-order chi connectivity index (χ0) is 11.2. The molecular formula is C14H21NO. The third-order valence-corrected chi connectivity index (χ3v) is 3.12. The first-order valence-electron chi connectivity index (χ1n) is 6.32. The SMILES string of the molecule is CCCc1ccccc1NC1CCOCC1. The molecule has 2 nitrogen and oxygen atoms in total. The zero-order valence-electron chi connectivity index (χ0n) is 10.0. The summed E-state index contributed by atoms with van der Waals surface area (Å²) >= 11 is 0. The third-order valence-electron chi connectivity index (χ3n) is 3.12. The molecule has 0 aromatic heterocycles. The average Bonchev–Trinajstić information content (AvgIpc) is 2.33. The summed E-state index contributed by atoms with van der Waals surface area (Å²) in [7, 11) is 0. The Bertz CT molecular complexity index is 318. The van der Waals surface area contributed by atoms with Crippen LogP contribution in [0.2, 0.25) is 0 Å². The second-order valence-corrected chi connectivity index (χ2v) is 4.44. The van der Waals surface area contributed by atoms with Gasteiger partial charge in [-0.2, -0.15) is 0 Å². The number of aryl methyl sites for hydroxylation is 1. The maximum atomic E-state index is 5.38. The number of nitrogens with one attached hydrogen (secondary N) is 1. The molecule has 0 bridgehead atoms. The van der Waals surface area contributed by atoms with Gasteiger partial charge in [0.1, 0.15) is 0 Å². The van der Waals surface area contributed by atoms with Crippen molar-refractivity contribution in [3.8, 4) is 0 Å². The third kappa shape index (κ3) is 2.99. The normalized spacial score (nSPS) is 17.3. The smallest absolute Gasteiger partial charge is 0.0485 e. The van der Waals surface area contributed by atoms with E-state index < -0.39 is 0 Å². The van der Waals surface area contributed by atoms with Crippen LogP contribution in [0.4, 0.5) is 5.69 Å². The number of anilines is 1. The molecule has 0 saturated carbocycles. The summed E-state index contributed by atoms with van der Waals surface area (Å²) in [6.45, 7) is 4.02. The van der Waals surface area contributed by atoms with E-state index in [0.29, 0.717) is 6.04 Å². The second kappa shape index (κ2) is 5.90. The van der Waals surface area contributed by atoms with Gasteiger partial charge in [-0.3, -0.25) is 0 Å². The predicted molar refractivity (Wildman–Crippen MR) is 67.9 cm³/mol. The van der Waals surface area contributed by atoms with Crippen LogP contribution in [-0.4, -0.2) is 19.3 Å². The lowest BCUT2D eigenvalue weighted by atomic mass is 10.0. The topological polar surface area (TPSA) is 21.3 Å². The molecule has 1 fully saturated rings. The van der Waals surface area contributed by atoms with Crippen molar-refractivity contribution >= 4 is 5.69 Å². The molecular weight excluding hydrogens is 198 g/mol. The van der Waals surface area contributed by atoms with Crippen molar-refractivity contribution in [1.82, 2.24) is 0 Å². The number of rotatable bonds is 4. The van der Waals surface area contributed by atoms with E-state index in [1.807, 2.05) is 0 Å². The predicted octanol–water partition coefficient (Wildman–Crippen LogP) is 3.23. The second-order valence-electron chi connectivity index (χ2n) is 4.44. The van der Waals surface area contributed by atoms with Gasteiger partial charge in [0.2, 0.25) is 0 Å². The molecule has 88 valence electrons. The highest BCUT2D eigenvalue weighted by atomic mass is 16.5. The summed E-state index contributed by atoms with van der Waals surface area (Å²) in [6.07, 6.45) is 4.61. The van der Waals surface area contributed by atoms with Crippen LogP contribution in [0, 0.1) is 0 Å². The van der Waals surface area contributed by atoms with Gasteiger partial charge < -0.3 is 10.1 Å². The fraction of sp³-hybridized carbons (Fsp3) is 0.571. The first-order valence-corrected chi connectivity index (χ1v) is 6.32. The van der Waals surface area contributed by atoms with Gasteiger partial charge in [-0.05, 0) is 30.9 Å². The first kappa shape index (κ1) is 11.5. The van der Waals surface area contributed by atoms with Gasteiger partial charge in [-0.1, -0.05) is 31.5 Å². The molecule has 1 saturated heterocycles. The number of para-hydroxylation sites is 1. The van der Waals surface area contributed by atoms with Crippen LogP contribution >= 0.6 is 0 Å². The van der Waals surface area contributed by atoms with E-state index in [1.54, 1.807) is 0 Å². The fourth-order valence-electron chi connectivity index (χ4n) is 2.21. The van der Waals surface area contributed by atoms with Gasteiger partial charge in [0.25, 0.3) is 0 Å². The highest BCUT2D eigenvalue weighted by molar-refractivity contribution is 5.51. The van der Waals surface area contributed by atoms with Crippen LogP contribution in [0.1, 0.15) is 31.7 Å². The quantitative estimate of drug-likeness (QED) is 0.839. The van der Waals surface area contributed by atoms with Crippen LogP contribution in [0.15, 0.2) is 24.3 Å². The summed E-state index contributed by atoms with van der Waals surface area (Å²) in [5, 5.41) is 3.65. The number of hydrogen-bond donors (Lipinski definition) is 1. The van der Waals surface area contributed by atoms with Gasteiger partial charge in [0, 0.05) is 24.9 Å². The standard InChI is InChI=1S/C14H21NO/c1-2-5-12-6-3-4-7-14(12)15-13-8-10-16-11-9-13/h3-4,6-7,13,15H,2,5,8-11H2,1H3. The Hall–Kier alpha value is -1.02. The maximum Gasteiger partial charge on any atom is 0.0485 e. The molecule has 0 unspecified atom stereocenters. The van der Waals surface area contributed by atoms with Gasteiger partial charge in [0.15, 0.2) is 0 Å². The van der Waals surface area contributed by atoms with E-state index in [4.69, 9.17) is 4.74 Å². The summed E-state index contributed by atoms with van der Waals surface area (Å²) in [5.74, 6) is 0. The molecule has 1 N–H and O–H groups in total. The lowest BCUT2D eigenvalue weighted by molar-refractivity contribution is 0.0904. The van der Waals surface area contributed by atoms with Gasteiger partial charge >= 0.3 is 0 Å². The molecule has 1 heterocycles. The number of hydrogen-bond acceptors (Lipinski definition) is 2. The van der Waals surface area contributed by atoms with E-state index in [9.17, 15) is 0 Å². The number of ether oxygens (including phenoxy) is 1. The maximum absolute atomic E-state index is 5.38. The molecule has 0 aliphatic carbocycles.